The van der Waals surface area contributed by atoms with Crippen molar-refractivity contribution < 1.29 is 22.8 Å². The average Bonchev–Trinajstić information content (AvgIpc) is 3.36. The maximum Gasteiger partial charge on any atom is 0.293 e. The van der Waals surface area contributed by atoms with E-state index in [1.807, 2.05) is 0 Å². The summed E-state index contributed by atoms with van der Waals surface area (Å²) in [6.45, 7) is 0.688. The molecule has 152 valence electrons. The van der Waals surface area contributed by atoms with E-state index in [1.165, 1.54) is 13.2 Å². The third-order valence-corrected chi connectivity index (χ3v) is 6.07. The first-order valence-electron chi connectivity index (χ1n) is 8.84. The number of rotatable bonds is 6. The number of sulfonamides is 1. The van der Waals surface area contributed by atoms with Gasteiger partial charge in [0.2, 0.25) is 0 Å². The van der Waals surface area contributed by atoms with Crippen molar-refractivity contribution >= 4 is 32.4 Å². The largest absolute Gasteiger partial charge is 0.497 e. The molecular formula is C18H18N4O6S. The number of nitro groups is 1. The van der Waals surface area contributed by atoms with Crippen molar-refractivity contribution in [3.8, 4) is 5.75 Å². The van der Waals surface area contributed by atoms with E-state index in [4.69, 9.17) is 9.47 Å². The van der Waals surface area contributed by atoms with Crippen LogP contribution in [-0.2, 0) is 14.8 Å². The second-order valence-corrected chi connectivity index (χ2v) is 8.20. The number of ether oxygens (including phenoxy) is 2. The molecule has 1 saturated heterocycles. The van der Waals surface area contributed by atoms with Gasteiger partial charge in [-0.3, -0.25) is 14.8 Å². The van der Waals surface area contributed by atoms with E-state index in [-0.39, 0.29) is 17.5 Å². The minimum Gasteiger partial charge on any atom is -0.497 e. The molecule has 1 aromatic heterocycles. The van der Waals surface area contributed by atoms with Crippen LogP contribution < -0.4 is 9.46 Å². The van der Waals surface area contributed by atoms with E-state index in [0.29, 0.717) is 23.5 Å². The number of methoxy groups -OCH3 is 1. The molecule has 10 nitrogen and oxygen atoms in total. The fraction of sp³-hybridized carbons (Fsp3) is 0.278. The summed E-state index contributed by atoms with van der Waals surface area (Å²) in [6, 6.07) is 8.38. The Kier molecular flexibility index (Phi) is 4.84. The molecule has 3 aromatic rings. The van der Waals surface area contributed by atoms with Crippen molar-refractivity contribution in [3.63, 3.8) is 0 Å². The Morgan fingerprint density at radius 1 is 1.31 bits per heavy atom. The number of nitrogens with zero attached hydrogens (tertiary/aromatic N) is 2. The van der Waals surface area contributed by atoms with Crippen LogP contribution in [0.25, 0.3) is 11.0 Å². The monoisotopic (exact) mass is 418 g/mol. The lowest BCUT2D eigenvalue weighted by Gasteiger charge is -2.09. The Labute approximate surface area is 166 Å². The van der Waals surface area contributed by atoms with Gasteiger partial charge in [-0.2, -0.15) is 0 Å². The van der Waals surface area contributed by atoms with Crippen LogP contribution in [0.5, 0.6) is 5.75 Å². The summed E-state index contributed by atoms with van der Waals surface area (Å²) in [4.78, 5) is 17.8. The van der Waals surface area contributed by atoms with Crippen molar-refractivity contribution in [2.75, 3.05) is 18.4 Å². The third-order valence-electron chi connectivity index (χ3n) is 4.64. The summed E-state index contributed by atoms with van der Waals surface area (Å²) in [7, 11) is -2.85. The molecule has 0 aliphatic carbocycles. The lowest BCUT2D eigenvalue weighted by molar-refractivity contribution is -0.387. The minimum atomic E-state index is -4.20. The van der Waals surface area contributed by atoms with E-state index in [0.717, 1.165) is 25.0 Å². The van der Waals surface area contributed by atoms with Crippen LogP contribution in [0.4, 0.5) is 11.4 Å². The first-order valence-corrected chi connectivity index (χ1v) is 10.3. The molecule has 2 heterocycles. The maximum atomic E-state index is 12.8. The number of nitrogens with one attached hydrogen (secondary N) is 2. The summed E-state index contributed by atoms with van der Waals surface area (Å²) >= 11 is 0. The van der Waals surface area contributed by atoms with Gasteiger partial charge in [-0.25, -0.2) is 13.4 Å². The van der Waals surface area contributed by atoms with E-state index in [9.17, 15) is 18.5 Å². The topological polar surface area (TPSA) is 136 Å². The molecule has 4 rings (SSSR count). The highest BCUT2D eigenvalue weighted by molar-refractivity contribution is 7.92. The van der Waals surface area contributed by atoms with Gasteiger partial charge in [0.25, 0.3) is 15.7 Å². The Morgan fingerprint density at radius 3 is 2.83 bits per heavy atom. The van der Waals surface area contributed by atoms with Crippen molar-refractivity contribution in [1.29, 1.82) is 0 Å². The van der Waals surface area contributed by atoms with Crippen LogP contribution in [-0.4, -0.2) is 37.0 Å². The second kappa shape index (κ2) is 7.33. The molecule has 0 amide bonds. The zero-order valence-corrected chi connectivity index (χ0v) is 16.2. The van der Waals surface area contributed by atoms with Gasteiger partial charge < -0.3 is 14.5 Å². The molecule has 11 heteroatoms. The van der Waals surface area contributed by atoms with E-state index >= 15 is 0 Å². The van der Waals surface area contributed by atoms with Crippen molar-refractivity contribution in [1.82, 2.24) is 9.97 Å². The molecule has 2 N–H and O–H groups in total. The summed E-state index contributed by atoms with van der Waals surface area (Å²) in [5, 5.41) is 11.3. The van der Waals surface area contributed by atoms with Gasteiger partial charge in [-0.05, 0) is 43.2 Å². The first-order chi connectivity index (χ1) is 13.9. The van der Waals surface area contributed by atoms with Crippen molar-refractivity contribution in [2.45, 2.75) is 23.8 Å². The number of H-pyrrole nitrogens is 1. The van der Waals surface area contributed by atoms with Crippen LogP contribution >= 0.6 is 0 Å². The normalized spacial score (nSPS) is 16.8. The first kappa shape index (κ1) is 19.2. The highest BCUT2D eigenvalue weighted by Gasteiger charge is 2.27. The number of benzene rings is 2. The molecule has 0 saturated carbocycles. The minimum absolute atomic E-state index is 0.0931. The Morgan fingerprint density at radius 2 is 2.14 bits per heavy atom. The molecule has 0 radical (unpaired) electrons. The number of imidazole rings is 1. The van der Waals surface area contributed by atoms with E-state index in [2.05, 4.69) is 14.7 Å². The van der Waals surface area contributed by atoms with Gasteiger partial charge in [0.1, 0.15) is 17.7 Å². The van der Waals surface area contributed by atoms with Gasteiger partial charge in [0, 0.05) is 6.61 Å². The van der Waals surface area contributed by atoms with Crippen molar-refractivity contribution in [3.05, 3.63) is 52.3 Å². The van der Waals surface area contributed by atoms with Gasteiger partial charge in [0.15, 0.2) is 4.90 Å². The standard InChI is InChI=1S/C18H18N4O6S/c1-27-12-5-7-17(15(10-12)22(23)24)29(25,26)21-11-4-6-13-14(9-11)20-18(19-13)16-3-2-8-28-16/h4-7,9-10,16,21H,2-3,8H2,1H3,(H,19,20). The third kappa shape index (κ3) is 3.74. The molecule has 29 heavy (non-hydrogen) atoms. The molecular weight excluding hydrogens is 400 g/mol. The molecule has 1 aliphatic rings. The highest BCUT2D eigenvalue weighted by Crippen LogP contribution is 2.31. The van der Waals surface area contributed by atoms with Crippen molar-refractivity contribution in [2.24, 2.45) is 0 Å². The number of anilines is 1. The van der Waals surface area contributed by atoms with Crippen LogP contribution in [0.3, 0.4) is 0 Å². The lowest BCUT2D eigenvalue weighted by Crippen LogP contribution is -2.14. The lowest BCUT2D eigenvalue weighted by atomic mass is 10.2. The zero-order valence-electron chi connectivity index (χ0n) is 15.4. The zero-order chi connectivity index (χ0) is 20.6. The fourth-order valence-corrected chi connectivity index (χ4v) is 4.45. The van der Waals surface area contributed by atoms with Crippen LogP contribution in [0.15, 0.2) is 41.3 Å². The van der Waals surface area contributed by atoms with E-state index in [1.54, 1.807) is 18.2 Å². The quantitative estimate of drug-likeness (QED) is 0.463. The predicted octanol–water partition coefficient (Wildman–Crippen LogP) is 3.13. The average molecular weight is 418 g/mol. The van der Waals surface area contributed by atoms with E-state index < -0.39 is 25.5 Å². The van der Waals surface area contributed by atoms with Crippen LogP contribution in [0, 0.1) is 10.1 Å². The number of nitro benzene ring substituents is 1. The second-order valence-electron chi connectivity index (χ2n) is 6.55. The summed E-state index contributed by atoms with van der Waals surface area (Å²) in [5.74, 6) is 0.888. The number of aromatic amines is 1. The van der Waals surface area contributed by atoms with Crippen LogP contribution in [0.1, 0.15) is 24.8 Å². The predicted molar refractivity (Wildman–Crippen MR) is 104 cm³/mol. The maximum absolute atomic E-state index is 12.8. The Hall–Kier alpha value is -3.18. The fourth-order valence-electron chi connectivity index (χ4n) is 3.24. The Balaban J connectivity index is 1.66. The molecule has 1 fully saturated rings. The number of hydrogen-bond donors (Lipinski definition) is 2. The molecule has 0 bridgehead atoms. The smallest absolute Gasteiger partial charge is 0.293 e. The van der Waals surface area contributed by atoms with Gasteiger partial charge in [-0.15, -0.1) is 0 Å². The highest BCUT2D eigenvalue weighted by atomic mass is 32.2. The molecule has 1 unspecified atom stereocenters. The summed E-state index contributed by atoms with van der Waals surface area (Å²) in [6.07, 6.45) is 1.75. The SMILES string of the molecule is COc1ccc(S(=O)(=O)Nc2ccc3nc(C4CCCO4)[nH]c3c2)c([N+](=O)[O-])c1. The number of aromatic nitrogens is 2. The van der Waals surface area contributed by atoms with Gasteiger partial charge in [-0.1, -0.05) is 0 Å². The van der Waals surface area contributed by atoms with Crippen LogP contribution in [0.2, 0.25) is 0 Å². The summed E-state index contributed by atoms with van der Waals surface area (Å²) < 4.78 is 38.5. The summed E-state index contributed by atoms with van der Waals surface area (Å²) in [5.41, 5.74) is 0.999. The molecule has 1 aliphatic heterocycles. The number of fused-ring (bicyclic) bond motifs is 1. The number of hydrogen-bond acceptors (Lipinski definition) is 7. The molecule has 2 aromatic carbocycles. The van der Waals surface area contributed by atoms with Gasteiger partial charge >= 0.3 is 0 Å². The Bertz CT molecular complexity index is 1180. The van der Waals surface area contributed by atoms with Gasteiger partial charge in [0.05, 0.1) is 34.8 Å². The molecule has 0 spiro atoms. The molecule has 1 atom stereocenters.